The molecule has 2 heteroatoms. The van der Waals surface area contributed by atoms with Gasteiger partial charge in [0.2, 0.25) is 0 Å². The van der Waals surface area contributed by atoms with Crippen molar-refractivity contribution in [1.82, 2.24) is 0 Å². The Labute approximate surface area is 90.2 Å². The summed E-state index contributed by atoms with van der Waals surface area (Å²) in [4.78, 5) is 14.0. The lowest BCUT2D eigenvalue weighted by Gasteiger charge is -2.15. The molecule has 0 aliphatic carbocycles. The first-order valence-electron chi connectivity index (χ1n) is 4.90. The van der Waals surface area contributed by atoms with E-state index in [4.69, 9.17) is 0 Å². The lowest BCUT2D eigenvalue weighted by atomic mass is 9.89. The summed E-state index contributed by atoms with van der Waals surface area (Å²) in [6.07, 6.45) is 0.631. The molecule has 14 heavy (non-hydrogen) atoms. The van der Waals surface area contributed by atoms with E-state index >= 15 is 0 Å². The zero-order chi connectivity index (χ0) is 10.9. The molecule has 1 nitrogen and oxygen atoms in total. The highest BCUT2D eigenvalue weighted by molar-refractivity contribution is 7.14. The monoisotopic (exact) mass is 210 g/mol. The third-order valence-electron chi connectivity index (χ3n) is 2.13. The van der Waals surface area contributed by atoms with Crippen molar-refractivity contribution in [3.8, 4) is 0 Å². The summed E-state index contributed by atoms with van der Waals surface area (Å²) in [7, 11) is 0. The van der Waals surface area contributed by atoms with Gasteiger partial charge in [-0.2, -0.15) is 0 Å². The maximum atomic E-state index is 11.8. The molecule has 0 aliphatic rings. The second-order valence-corrected chi connectivity index (χ2v) is 6.27. The summed E-state index contributed by atoms with van der Waals surface area (Å²) in [5.41, 5.74) is 1.32. The van der Waals surface area contributed by atoms with Gasteiger partial charge >= 0.3 is 0 Å². The van der Waals surface area contributed by atoms with Crippen molar-refractivity contribution < 1.29 is 4.79 Å². The van der Waals surface area contributed by atoms with Gasteiger partial charge in [0.25, 0.3) is 0 Å². The van der Waals surface area contributed by atoms with Gasteiger partial charge in [-0.25, -0.2) is 0 Å². The fraction of sp³-hybridized carbons (Fsp3) is 0.583. The molecule has 0 radical (unpaired) electrons. The molecular formula is C12H18OS. The highest BCUT2D eigenvalue weighted by Gasteiger charge is 2.18. The number of carbonyl (C=O) groups is 1. The summed E-state index contributed by atoms with van der Waals surface area (Å²) in [5, 5.41) is 0. The first kappa shape index (κ1) is 11.4. The quantitative estimate of drug-likeness (QED) is 0.675. The minimum Gasteiger partial charge on any atom is -0.293 e. The van der Waals surface area contributed by atoms with Crippen molar-refractivity contribution in [2.45, 2.75) is 41.0 Å². The van der Waals surface area contributed by atoms with Gasteiger partial charge in [0.1, 0.15) is 0 Å². The SMILES string of the molecule is Cc1cc(C(=O)CC(C)(C)C)sc1C. The third-order valence-corrected chi connectivity index (χ3v) is 3.33. The highest BCUT2D eigenvalue weighted by Crippen LogP contribution is 2.26. The standard InChI is InChI=1S/C12H18OS/c1-8-6-11(14-9(8)2)10(13)7-12(3,4)5/h6H,7H2,1-5H3. The van der Waals surface area contributed by atoms with Gasteiger partial charge in [-0.15, -0.1) is 11.3 Å². The van der Waals surface area contributed by atoms with Crippen LogP contribution in [0.15, 0.2) is 6.07 Å². The van der Waals surface area contributed by atoms with E-state index in [1.807, 2.05) is 6.07 Å². The van der Waals surface area contributed by atoms with E-state index in [0.717, 1.165) is 4.88 Å². The van der Waals surface area contributed by atoms with Gasteiger partial charge in [-0.3, -0.25) is 4.79 Å². The number of carbonyl (C=O) groups excluding carboxylic acids is 1. The van der Waals surface area contributed by atoms with Crippen molar-refractivity contribution in [3.63, 3.8) is 0 Å². The Balaban J connectivity index is 2.80. The van der Waals surface area contributed by atoms with E-state index in [0.29, 0.717) is 6.42 Å². The third kappa shape index (κ3) is 2.95. The molecule has 1 rings (SSSR count). The minimum atomic E-state index is 0.0862. The van der Waals surface area contributed by atoms with Crippen LogP contribution in [0, 0.1) is 19.3 Å². The predicted octanol–water partition coefficient (Wildman–Crippen LogP) is 3.98. The molecule has 1 aromatic rings. The van der Waals surface area contributed by atoms with Crippen LogP contribution in [0.3, 0.4) is 0 Å². The minimum absolute atomic E-state index is 0.0862. The van der Waals surface area contributed by atoms with Crippen molar-refractivity contribution in [1.29, 1.82) is 0 Å². The van der Waals surface area contributed by atoms with Crippen LogP contribution in [0.2, 0.25) is 0 Å². The fourth-order valence-electron chi connectivity index (χ4n) is 1.28. The van der Waals surface area contributed by atoms with Gasteiger partial charge in [-0.05, 0) is 30.9 Å². The van der Waals surface area contributed by atoms with Crippen molar-refractivity contribution in [2.75, 3.05) is 0 Å². The van der Waals surface area contributed by atoms with Crippen LogP contribution in [0.5, 0.6) is 0 Å². The number of ketones is 1. The summed E-state index contributed by atoms with van der Waals surface area (Å²) >= 11 is 1.61. The highest BCUT2D eigenvalue weighted by atomic mass is 32.1. The van der Waals surface area contributed by atoms with Crippen LogP contribution in [0.1, 0.15) is 47.3 Å². The van der Waals surface area contributed by atoms with Crippen LogP contribution in [0.4, 0.5) is 0 Å². The molecule has 0 saturated carbocycles. The Morgan fingerprint density at radius 1 is 1.36 bits per heavy atom. The topological polar surface area (TPSA) is 17.1 Å². The van der Waals surface area contributed by atoms with Gasteiger partial charge < -0.3 is 0 Å². The van der Waals surface area contributed by atoms with E-state index in [1.54, 1.807) is 11.3 Å². The molecule has 1 heterocycles. The molecule has 0 saturated heterocycles. The van der Waals surface area contributed by atoms with E-state index in [9.17, 15) is 4.79 Å². The molecule has 0 bridgehead atoms. The second kappa shape index (κ2) is 3.85. The lowest BCUT2D eigenvalue weighted by molar-refractivity contribution is 0.0944. The average Bonchev–Trinajstić information content (AvgIpc) is 2.28. The van der Waals surface area contributed by atoms with Crippen LogP contribution in [0.25, 0.3) is 0 Å². The van der Waals surface area contributed by atoms with E-state index in [1.165, 1.54) is 10.4 Å². The molecule has 0 N–H and O–H groups in total. The Hall–Kier alpha value is -0.630. The summed E-state index contributed by atoms with van der Waals surface area (Å²) in [5.74, 6) is 0.277. The van der Waals surface area contributed by atoms with Gasteiger partial charge in [0, 0.05) is 11.3 Å². The molecule has 78 valence electrons. The molecule has 1 aromatic heterocycles. The van der Waals surface area contributed by atoms with Crippen LogP contribution < -0.4 is 0 Å². The molecule has 0 fully saturated rings. The first-order valence-corrected chi connectivity index (χ1v) is 5.71. The maximum Gasteiger partial charge on any atom is 0.173 e. The molecule has 0 atom stereocenters. The lowest BCUT2D eigenvalue weighted by Crippen LogP contribution is -2.11. The normalized spacial score (nSPS) is 11.8. The molecule has 0 amide bonds. The zero-order valence-corrected chi connectivity index (χ0v) is 10.4. The number of hydrogen-bond donors (Lipinski definition) is 0. The number of rotatable bonds is 2. The van der Waals surface area contributed by atoms with Crippen LogP contribution in [-0.2, 0) is 0 Å². The number of Topliss-reactive ketones (excluding diaryl/α,β-unsaturated/α-hetero) is 1. The van der Waals surface area contributed by atoms with E-state index in [-0.39, 0.29) is 11.2 Å². The Morgan fingerprint density at radius 2 is 1.93 bits per heavy atom. The summed E-state index contributed by atoms with van der Waals surface area (Å²) in [6, 6.07) is 2.01. The zero-order valence-electron chi connectivity index (χ0n) is 9.60. The predicted molar refractivity (Wildman–Crippen MR) is 62.2 cm³/mol. The number of aryl methyl sites for hydroxylation is 2. The summed E-state index contributed by atoms with van der Waals surface area (Å²) < 4.78 is 0. The molecule has 0 aromatic carbocycles. The Kier molecular flexibility index (Phi) is 3.15. The van der Waals surface area contributed by atoms with E-state index in [2.05, 4.69) is 34.6 Å². The average molecular weight is 210 g/mol. The van der Waals surface area contributed by atoms with E-state index < -0.39 is 0 Å². The van der Waals surface area contributed by atoms with Gasteiger partial charge in [0.05, 0.1) is 4.88 Å². The molecule has 0 unspecified atom stereocenters. The smallest absolute Gasteiger partial charge is 0.173 e. The summed E-state index contributed by atoms with van der Waals surface area (Å²) in [6.45, 7) is 10.4. The molecular weight excluding hydrogens is 192 g/mol. The molecule has 0 aliphatic heterocycles. The first-order chi connectivity index (χ1) is 6.29. The van der Waals surface area contributed by atoms with Crippen molar-refractivity contribution in [3.05, 3.63) is 21.4 Å². The van der Waals surface area contributed by atoms with Gasteiger partial charge in [0.15, 0.2) is 5.78 Å². The van der Waals surface area contributed by atoms with Crippen molar-refractivity contribution in [2.24, 2.45) is 5.41 Å². The van der Waals surface area contributed by atoms with Crippen LogP contribution >= 0.6 is 11.3 Å². The number of hydrogen-bond acceptors (Lipinski definition) is 2. The number of thiophene rings is 1. The second-order valence-electron chi connectivity index (χ2n) is 5.01. The van der Waals surface area contributed by atoms with Gasteiger partial charge in [-0.1, -0.05) is 20.8 Å². The fourth-order valence-corrected chi connectivity index (χ4v) is 2.25. The van der Waals surface area contributed by atoms with Crippen LogP contribution in [-0.4, -0.2) is 5.78 Å². The van der Waals surface area contributed by atoms with Crippen molar-refractivity contribution >= 4 is 17.1 Å². The Morgan fingerprint density at radius 3 is 2.29 bits per heavy atom. The maximum absolute atomic E-state index is 11.8. The molecule has 0 spiro atoms. The largest absolute Gasteiger partial charge is 0.293 e. The Bertz CT molecular complexity index is 322.